The smallest absolute Gasteiger partial charge is 0.314 e. The highest BCUT2D eigenvalue weighted by Crippen LogP contribution is 2.57. The second-order valence-corrected chi connectivity index (χ2v) is 8.65. The molecular formula is C14H20Cl2N2O2. The summed E-state index contributed by atoms with van der Waals surface area (Å²) in [6.07, 6.45) is 7.43. The molecule has 20 heavy (non-hydrogen) atoms. The molecule has 4 saturated carbocycles. The van der Waals surface area contributed by atoms with E-state index in [2.05, 4.69) is 0 Å². The number of rotatable bonds is 2. The lowest BCUT2D eigenvalue weighted by Gasteiger charge is -2.30. The minimum absolute atomic E-state index is 0.141. The van der Waals surface area contributed by atoms with Crippen molar-refractivity contribution in [2.45, 2.75) is 61.4 Å². The molecule has 6 atom stereocenters. The third kappa shape index (κ3) is 1.61. The minimum atomic E-state index is -1.05. The molecule has 0 unspecified atom stereocenters. The lowest BCUT2D eigenvalue weighted by Crippen LogP contribution is -2.49. The van der Waals surface area contributed by atoms with Crippen molar-refractivity contribution in [3.8, 4) is 0 Å². The summed E-state index contributed by atoms with van der Waals surface area (Å²) in [4.78, 5) is -1.08. The highest BCUT2D eigenvalue weighted by molar-refractivity contribution is 6.23. The Morgan fingerprint density at radius 3 is 1.40 bits per heavy atom. The summed E-state index contributed by atoms with van der Waals surface area (Å²) in [5.74, 6) is 1.30. The van der Waals surface area contributed by atoms with Crippen LogP contribution in [0.3, 0.4) is 0 Å². The standard InChI is InChI=1S/C14H20Cl2N2O2/c15-13(7-9-1-3-11(13)5-9)17(19)18(20)14(16)8-10-2-4-12(14)6-10/h9-12H,1-8H2/b18-17+/t9-,10-,11+,12+,13+,14+/m1/s1. The highest BCUT2D eigenvalue weighted by Gasteiger charge is 2.65. The molecule has 0 saturated heterocycles. The molecule has 4 rings (SSSR count). The first-order valence-corrected chi connectivity index (χ1v) is 8.51. The maximum absolute atomic E-state index is 12.6. The molecule has 0 heterocycles. The zero-order valence-corrected chi connectivity index (χ0v) is 12.9. The molecule has 0 radical (unpaired) electrons. The first-order valence-electron chi connectivity index (χ1n) is 7.76. The Balaban J connectivity index is 1.68. The minimum Gasteiger partial charge on any atom is -0.565 e. The normalized spacial score (nSPS) is 54.5. The van der Waals surface area contributed by atoms with E-state index in [9.17, 15) is 10.4 Å². The van der Waals surface area contributed by atoms with Crippen LogP contribution < -0.4 is 0 Å². The average molecular weight is 319 g/mol. The van der Waals surface area contributed by atoms with Gasteiger partial charge in [0.25, 0.3) is 0 Å². The molecular weight excluding hydrogens is 299 g/mol. The number of nitrogens with zero attached hydrogens (tertiary/aromatic N) is 2. The van der Waals surface area contributed by atoms with Gasteiger partial charge in [0, 0.05) is 24.7 Å². The summed E-state index contributed by atoms with van der Waals surface area (Å²) in [5, 5.41) is 25.3. The molecule has 0 spiro atoms. The van der Waals surface area contributed by atoms with E-state index in [0.717, 1.165) is 38.5 Å². The van der Waals surface area contributed by atoms with Gasteiger partial charge in [0.1, 0.15) is 0 Å². The molecule has 0 aromatic rings. The summed E-state index contributed by atoms with van der Waals surface area (Å²) in [5.41, 5.74) is 0. The van der Waals surface area contributed by atoms with Gasteiger partial charge < -0.3 is 10.4 Å². The molecule has 6 heteroatoms. The van der Waals surface area contributed by atoms with Gasteiger partial charge in [0.15, 0.2) is 0 Å². The van der Waals surface area contributed by atoms with Gasteiger partial charge in [-0.1, -0.05) is 0 Å². The molecule has 0 amide bonds. The zero-order chi connectivity index (χ0) is 14.1. The van der Waals surface area contributed by atoms with Crippen molar-refractivity contribution < 1.29 is 9.72 Å². The van der Waals surface area contributed by atoms with Crippen LogP contribution in [0.1, 0.15) is 51.4 Å². The molecule has 112 valence electrons. The molecule has 0 aromatic carbocycles. The predicted molar refractivity (Wildman–Crippen MR) is 75.3 cm³/mol. The Hall–Kier alpha value is -0.220. The van der Waals surface area contributed by atoms with E-state index in [1.807, 2.05) is 0 Å². The largest absolute Gasteiger partial charge is 0.565 e. The van der Waals surface area contributed by atoms with Gasteiger partial charge in [-0.15, -0.1) is 0 Å². The van der Waals surface area contributed by atoms with Crippen LogP contribution in [0.25, 0.3) is 0 Å². The second-order valence-electron chi connectivity index (χ2n) is 7.34. The number of hydrogen-bond donors (Lipinski definition) is 0. The molecule has 4 aliphatic carbocycles. The van der Waals surface area contributed by atoms with E-state index in [4.69, 9.17) is 23.2 Å². The fourth-order valence-corrected chi connectivity index (χ4v) is 6.21. The van der Waals surface area contributed by atoms with Crippen LogP contribution in [0.5, 0.6) is 0 Å². The fraction of sp³-hybridized carbons (Fsp3) is 1.00. The molecule has 0 N–H and O–H groups in total. The van der Waals surface area contributed by atoms with Crippen molar-refractivity contribution in [1.82, 2.24) is 0 Å². The van der Waals surface area contributed by atoms with Gasteiger partial charge in [-0.2, -0.15) is 0 Å². The number of azo groups is 1. The summed E-state index contributed by atoms with van der Waals surface area (Å²) < 4.78 is 0. The van der Waals surface area contributed by atoms with Crippen molar-refractivity contribution in [3.05, 3.63) is 10.4 Å². The number of hydrogen-bond acceptors (Lipinski definition) is 2. The van der Waals surface area contributed by atoms with Crippen molar-refractivity contribution in [1.29, 1.82) is 0 Å². The molecule has 4 nitrogen and oxygen atoms in total. The maximum atomic E-state index is 12.6. The third-order valence-electron chi connectivity index (χ3n) is 6.28. The van der Waals surface area contributed by atoms with E-state index in [0.29, 0.717) is 34.4 Å². The van der Waals surface area contributed by atoms with E-state index in [1.54, 1.807) is 0 Å². The van der Waals surface area contributed by atoms with Gasteiger partial charge in [-0.3, -0.25) is 0 Å². The lowest BCUT2D eigenvalue weighted by molar-refractivity contribution is -1.01. The first kappa shape index (κ1) is 13.4. The molecule has 0 aliphatic heterocycles. The van der Waals surface area contributed by atoms with Crippen LogP contribution in [-0.4, -0.2) is 19.7 Å². The fourth-order valence-electron chi connectivity index (χ4n) is 5.24. The van der Waals surface area contributed by atoms with E-state index >= 15 is 0 Å². The first-order chi connectivity index (χ1) is 9.43. The second kappa shape index (κ2) is 4.16. The Labute approximate surface area is 128 Å². The van der Waals surface area contributed by atoms with Crippen molar-refractivity contribution >= 4 is 23.2 Å². The zero-order valence-electron chi connectivity index (χ0n) is 11.4. The van der Waals surface area contributed by atoms with Crippen molar-refractivity contribution in [3.63, 3.8) is 0 Å². The SMILES string of the molecule is [O-]/[N+](=[N+](/[O-])[C@@]1(Cl)C[C@@H]2CC[C@H]1C2)[C@@]1(Cl)C[C@@H]2CC[C@H]1C2. The topological polar surface area (TPSA) is 52.1 Å². The summed E-state index contributed by atoms with van der Waals surface area (Å²) in [7, 11) is 0. The predicted octanol–water partition coefficient (Wildman–Crippen LogP) is 3.97. The Morgan fingerprint density at radius 1 is 0.750 bits per heavy atom. The highest BCUT2D eigenvalue weighted by atomic mass is 35.5. The maximum Gasteiger partial charge on any atom is 0.314 e. The molecule has 4 fully saturated rings. The van der Waals surface area contributed by atoms with Crippen LogP contribution in [0.2, 0.25) is 0 Å². The number of halogens is 2. The molecule has 4 bridgehead atoms. The number of hydroxylamine groups is 2. The van der Waals surface area contributed by atoms with E-state index in [-0.39, 0.29) is 11.8 Å². The van der Waals surface area contributed by atoms with E-state index in [1.165, 1.54) is 0 Å². The summed E-state index contributed by atoms with van der Waals surface area (Å²) in [6.45, 7) is 0. The van der Waals surface area contributed by atoms with Crippen LogP contribution in [0, 0.1) is 34.1 Å². The van der Waals surface area contributed by atoms with Crippen LogP contribution in [0.4, 0.5) is 0 Å². The molecule has 4 aliphatic rings. The van der Waals surface area contributed by atoms with Gasteiger partial charge in [0.05, 0.1) is 9.72 Å². The van der Waals surface area contributed by atoms with Crippen LogP contribution in [0.15, 0.2) is 0 Å². The van der Waals surface area contributed by atoms with Gasteiger partial charge in [-0.25, -0.2) is 0 Å². The van der Waals surface area contributed by atoms with Gasteiger partial charge in [0.2, 0.25) is 0 Å². The van der Waals surface area contributed by atoms with Gasteiger partial charge in [-0.05, 0) is 73.6 Å². The Morgan fingerprint density at radius 2 is 1.15 bits per heavy atom. The summed E-state index contributed by atoms with van der Waals surface area (Å²) in [6, 6.07) is 0. The number of fused-ring (bicyclic) bond motifs is 4. The van der Waals surface area contributed by atoms with Crippen LogP contribution in [-0.2, 0) is 0 Å². The molecule has 0 aromatic heterocycles. The number of alkyl halides is 2. The van der Waals surface area contributed by atoms with Gasteiger partial charge >= 0.3 is 10.00 Å². The quantitative estimate of drug-likeness (QED) is 0.254. The lowest BCUT2D eigenvalue weighted by atomic mass is 9.94. The van der Waals surface area contributed by atoms with Crippen molar-refractivity contribution in [2.24, 2.45) is 23.7 Å². The third-order valence-corrected chi connectivity index (χ3v) is 7.50. The average Bonchev–Trinajstić information content (AvgIpc) is 3.15. The van der Waals surface area contributed by atoms with E-state index < -0.39 is 10.00 Å². The Bertz CT molecular complexity index is 444. The monoisotopic (exact) mass is 318 g/mol. The summed E-state index contributed by atoms with van der Waals surface area (Å²) >= 11 is 13.1. The van der Waals surface area contributed by atoms with Crippen molar-refractivity contribution in [2.75, 3.05) is 0 Å². The Kier molecular flexibility index (Phi) is 2.80. The van der Waals surface area contributed by atoms with Crippen LogP contribution >= 0.6 is 23.2 Å².